The maximum atomic E-state index is 12.7. The van der Waals surface area contributed by atoms with Crippen molar-refractivity contribution in [3.05, 3.63) is 89.5 Å². The monoisotopic (exact) mass is 461 g/mol. The first-order chi connectivity index (χ1) is 15.7. The highest BCUT2D eigenvalue weighted by molar-refractivity contribution is 7.90. The molecule has 0 unspecified atom stereocenters. The molecule has 0 radical (unpaired) electrons. The number of nitrogens with one attached hydrogen (secondary N) is 1. The van der Waals surface area contributed by atoms with E-state index in [2.05, 4.69) is 15.5 Å². The fraction of sp³-hybridized carbons (Fsp3) is 0.160. The van der Waals surface area contributed by atoms with Crippen LogP contribution in [0.1, 0.15) is 34.5 Å². The number of amides is 1. The molecule has 33 heavy (non-hydrogen) atoms. The predicted octanol–water partition coefficient (Wildman–Crippen LogP) is 4.61. The van der Waals surface area contributed by atoms with Crippen molar-refractivity contribution in [2.24, 2.45) is 0 Å². The SMILES string of the molecule is Cc1ccccc1-c1nnc(-c2ccc(C(=O)N[C@H](C)c3ccc(S(C)(=O)=O)cc3)cc2)o1. The van der Waals surface area contributed by atoms with Crippen LogP contribution in [0.2, 0.25) is 0 Å². The van der Waals surface area contributed by atoms with E-state index in [4.69, 9.17) is 4.42 Å². The number of benzene rings is 3. The van der Waals surface area contributed by atoms with Crippen LogP contribution in [0, 0.1) is 6.92 Å². The second-order valence-corrected chi connectivity index (χ2v) is 9.86. The zero-order valence-corrected chi connectivity index (χ0v) is 19.3. The van der Waals surface area contributed by atoms with Crippen LogP contribution in [0.5, 0.6) is 0 Å². The number of aryl methyl sites for hydroxylation is 1. The van der Waals surface area contributed by atoms with Crippen molar-refractivity contribution in [1.29, 1.82) is 0 Å². The van der Waals surface area contributed by atoms with Gasteiger partial charge in [-0.3, -0.25) is 4.79 Å². The Labute approximate surface area is 192 Å². The lowest BCUT2D eigenvalue weighted by Crippen LogP contribution is -2.26. The maximum Gasteiger partial charge on any atom is 0.251 e. The summed E-state index contributed by atoms with van der Waals surface area (Å²) in [6.07, 6.45) is 1.16. The lowest BCUT2D eigenvalue weighted by molar-refractivity contribution is 0.0940. The summed E-state index contributed by atoms with van der Waals surface area (Å²) in [6, 6.07) is 20.9. The normalized spacial score (nSPS) is 12.3. The van der Waals surface area contributed by atoms with Crippen molar-refractivity contribution in [3.8, 4) is 22.9 Å². The Morgan fingerprint density at radius 1 is 0.909 bits per heavy atom. The van der Waals surface area contributed by atoms with E-state index in [1.54, 1.807) is 36.4 Å². The maximum absolute atomic E-state index is 12.7. The molecule has 0 aliphatic carbocycles. The molecule has 0 saturated carbocycles. The molecular weight excluding hydrogens is 438 g/mol. The third-order valence-electron chi connectivity index (χ3n) is 5.35. The zero-order valence-electron chi connectivity index (χ0n) is 18.4. The second kappa shape index (κ2) is 8.99. The summed E-state index contributed by atoms with van der Waals surface area (Å²) in [5.41, 5.74) is 3.92. The number of carbonyl (C=O) groups is 1. The van der Waals surface area contributed by atoms with Gasteiger partial charge in [-0.1, -0.05) is 30.3 Å². The summed E-state index contributed by atoms with van der Waals surface area (Å²) in [4.78, 5) is 12.9. The number of carbonyl (C=O) groups excluding carboxylic acids is 1. The van der Waals surface area contributed by atoms with E-state index in [-0.39, 0.29) is 16.8 Å². The van der Waals surface area contributed by atoms with E-state index >= 15 is 0 Å². The molecular formula is C25H23N3O4S. The summed E-state index contributed by atoms with van der Waals surface area (Å²) in [7, 11) is -3.26. The first-order valence-corrected chi connectivity index (χ1v) is 12.2. The van der Waals surface area contributed by atoms with E-state index in [1.807, 2.05) is 38.1 Å². The van der Waals surface area contributed by atoms with Crippen LogP contribution in [0.4, 0.5) is 0 Å². The van der Waals surface area contributed by atoms with Gasteiger partial charge in [0.1, 0.15) is 0 Å². The molecule has 4 aromatic rings. The van der Waals surface area contributed by atoms with Crippen LogP contribution < -0.4 is 5.32 Å². The summed E-state index contributed by atoms with van der Waals surface area (Å²) in [5.74, 6) is 0.576. The van der Waals surface area contributed by atoms with Gasteiger partial charge in [-0.15, -0.1) is 10.2 Å². The van der Waals surface area contributed by atoms with E-state index in [9.17, 15) is 13.2 Å². The molecule has 1 aromatic heterocycles. The molecule has 0 spiro atoms. The fourth-order valence-corrected chi connectivity index (χ4v) is 4.02. The number of aromatic nitrogens is 2. The molecule has 168 valence electrons. The molecule has 1 amide bonds. The first-order valence-electron chi connectivity index (χ1n) is 10.3. The topological polar surface area (TPSA) is 102 Å². The molecule has 0 bridgehead atoms. The van der Waals surface area contributed by atoms with Crippen LogP contribution in [-0.2, 0) is 9.84 Å². The Hall–Kier alpha value is -3.78. The van der Waals surface area contributed by atoms with E-state index in [0.29, 0.717) is 22.9 Å². The molecule has 0 aliphatic heterocycles. The van der Waals surface area contributed by atoms with Gasteiger partial charge in [-0.2, -0.15) is 0 Å². The molecule has 1 N–H and O–H groups in total. The molecule has 0 aliphatic rings. The van der Waals surface area contributed by atoms with Gasteiger partial charge < -0.3 is 9.73 Å². The lowest BCUT2D eigenvalue weighted by Gasteiger charge is -2.15. The van der Waals surface area contributed by atoms with Gasteiger partial charge in [0.2, 0.25) is 11.8 Å². The lowest BCUT2D eigenvalue weighted by atomic mass is 10.1. The van der Waals surface area contributed by atoms with Crippen LogP contribution in [-0.4, -0.2) is 30.8 Å². The van der Waals surface area contributed by atoms with E-state index in [0.717, 1.165) is 22.9 Å². The molecule has 7 nitrogen and oxygen atoms in total. The van der Waals surface area contributed by atoms with Crippen LogP contribution in [0.15, 0.2) is 82.1 Å². The number of hydrogen-bond acceptors (Lipinski definition) is 6. The Morgan fingerprint density at radius 3 is 2.18 bits per heavy atom. The fourth-order valence-electron chi connectivity index (χ4n) is 3.39. The molecule has 8 heteroatoms. The highest BCUT2D eigenvalue weighted by Gasteiger charge is 2.15. The molecule has 4 rings (SSSR count). The van der Waals surface area contributed by atoms with Crippen molar-refractivity contribution in [3.63, 3.8) is 0 Å². The molecule has 1 atom stereocenters. The highest BCUT2D eigenvalue weighted by atomic mass is 32.2. The van der Waals surface area contributed by atoms with Gasteiger partial charge in [0.25, 0.3) is 5.91 Å². The first kappa shape index (κ1) is 22.4. The Kier molecular flexibility index (Phi) is 6.11. The van der Waals surface area contributed by atoms with Crippen molar-refractivity contribution in [2.45, 2.75) is 24.8 Å². The molecule has 0 saturated heterocycles. The summed E-state index contributed by atoms with van der Waals surface area (Å²) in [6.45, 7) is 3.82. The Morgan fingerprint density at radius 2 is 1.55 bits per heavy atom. The minimum Gasteiger partial charge on any atom is -0.416 e. The van der Waals surface area contributed by atoms with Gasteiger partial charge >= 0.3 is 0 Å². The molecule has 3 aromatic carbocycles. The number of hydrogen-bond donors (Lipinski definition) is 1. The Bertz CT molecular complexity index is 1390. The third kappa shape index (κ3) is 5.01. The van der Waals surface area contributed by atoms with Gasteiger partial charge in [0.05, 0.1) is 10.9 Å². The number of sulfone groups is 1. The van der Waals surface area contributed by atoms with Gasteiger partial charge in [0.15, 0.2) is 9.84 Å². The van der Waals surface area contributed by atoms with Gasteiger partial charge in [-0.05, 0) is 67.4 Å². The summed E-state index contributed by atoms with van der Waals surface area (Å²) in [5, 5.41) is 11.2. The predicted molar refractivity (Wildman–Crippen MR) is 125 cm³/mol. The van der Waals surface area contributed by atoms with E-state index < -0.39 is 9.84 Å². The van der Waals surface area contributed by atoms with Crippen molar-refractivity contribution < 1.29 is 17.6 Å². The summed E-state index contributed by atoms with van der Waals surface area (Å²) >= 11 is 0. The average Bonchev–Trinajstić information content (AvgIpc) is 3.29. The minimum atomic E-state index is -3.26. The van der Waals surface area contributed by atoms with E-state index in [1.165, 1.54) is 12.1 Å². The van der Waals surface area contributed by atoms with Gasteiger partial charge in [-0.25, -0.2) is 8.42 Å². The van der Waals surface area contributed by atoms with Crippen LogP contribution >= 0.6 is 0 Å². The smallest absolute Gasteiger partial charge is 0.251 e. The standard InChI is InChI=1S/C25H23N3O4S/c1-16-6-4-5-7-22(16)25-28-27-24(32-25)20-10-8-19(9-11-20)23(29)26-17(2)18-12-14-21(15-13-18)33(3,30)31/h4-15,17H,1-3H3,(H,26,29)/t17-/m1/s1. The quantitative estimate of drug-likeness (QED) is 0.450. The number of rotatable bonds is 6. The Balaban J connectivity index is 1.45. The molecule has 1 heterocycles. The third-order valence-corrected chi connectivity index (χ3v) is 6.48. The largest absolute Gasteiger partial charge is 0.416 e. The second-order valence-electron chi connectivity index (χ2n) is 7.84. The van der Waals surface area contributed by atoms with Crippen molar-refractivity contribution >= 4 is 15.7 Å². The number of nitrogens with zero attached hydrogens (tertiary/aromatic N) is 2. The van der Waals surface area contributed by atoms with Crippen LogP contribution in [0.3, 0.4) is 0 Å². The summed E-state index contributed by atoms with van der Waals surface area (Å²) < 4.78 is 29.0. The van der Waals surface area contributed by atoms with Gasteiger partial charge in [0, 0.05) is 22.9 Å². The zero-order chi connectivity index (χ0) is 23.6. The average molecular weight is 462 g/mol. The van der Waals surface area contributed by atoms with Crippen molar-refractivity contribution in [1.82, 2.24) is 15.5 Å². The minimum absolute atomic E-state index is 0.243. The van der Waals surface area contributed by atoms with Crippen LogP contribution in [0.25, 0.3) is 22.9 Å². The molecule has 0 fully saturated rings. The van der Waals surface area contributed by atoms with Crippen molar-refractivity contribution in [2.75, 3.05) is 6.26 Å². The highest BCUT2D eigenvalue weighted by Crippen LogP contribution is 2.26.